The molecule has 2 heterocycles. The minimum atomic E-state index is 0.207. The Labute approximate surface area is 115 Å². The van der Waals surface area contributed by atoms with E-state index in [2.05, 4.69) is 62.8 Å². The van der Waals surface area contributed by atoms with Crippen LogP contribution >= 0.6 is 15.9 Å². The van der Waals surface area contributed by atoms with Crippen molar-refractivity contribution in [3.63, 3.8) is 0 Å². The number of nitrogens with two attached hydrogens (primary N) is 1. The van der Waals surface area contributed by atoms with E-state index in [4.69, 9.17) is 5.73 Å². The lowest BCUT2D eigenvalue weighted by Crippen LogP contribution is -2.33. The monoisotopic (exact) mass is 303 g/mol. The van der Waals surface area contributed by atoms with Crippen molar-refractivity contribution in [3.05, 3.63) is 64.4 Å². The van der Waals surface area contributed by atoms with Crippen LogP contribution < -0.4 is 11.1 Å². The average Bonchev–Trinajstić information content (AvgIpc) is 2.82. The molecule has 0 aromatic heterocycles. The van der Waals surface area contributed by atoms with Crippen LogP contribution in [-0.4, -0.2) is 17.6 Å². The van der Waals surface area contributed by atoms with E-state index in [-0.39, 0.29) is 6.17 Å². The summed E-state index contributed by atoms with van der Waals surface area (Å²) < 4.78 is 1.09. The normalized spacial score (nSPS) is 21.2. The van der Waals surface area contributed by atoms with Crippen molar-refractivity contribution in [2.75, 3.05) is 6.54 Å². The fourth-order valence-corrected chi connectivity index (χ4v) is 2.39. The molecule has 0 saturated carbocycles. The lowest BCUT2D eigenvalue weighted by atomic mass is 10.2. The second-order valence-corrected chi connectivity index (χ2v) is 5.27. The molecule has 0 amide bonds. The van der Waals surface area contributed by atoms with E-state index in [1.807, 2.05) is 12.1 Å². The van der Waals surface area contributed by atoms with Gasteiger partial charge in [-0.25, -0.2) is 0 Å². The van der Waals surface area contributed by atoms with E-state index >= 15 is 0 Å². The zero-order valence-corrected chi connectivity index (χ0v) is 11.4. The summed E-state index contributed by atoms with van der Waals surface area (Å²) >= 11 is 3.45. The maximum atomic E-state index is 5.66. The Hall–Kier alpha value is -1.52. The molecule has 3 nitrogen and oxygen atoms in total. The molecule has 1 aromatic carbocycles. The first-order chi connectivity index (χ1) is 8.76. The third kappa shape index (κ3) is 2.09. The summed E-state index contributed by atoms with van der Waals surface area (Å²) in [6, 6.07) is 8.29. The number of nitrogens with one attached hydrogen (secondary N) is 1. The summed E-state index contributed by atoms with van der Waals surface area (Å²) in [5.41, 5.74) is 9.11. The first-order valence-corrected chi connectivity index (χ1v) is 6.66. The number of hydrogen-bond acceptors (Lipinski definition) is 3. The van der Waals surface area contributed by atoms with Crippen molar-refractivity contribution in [2.45, 2.75) is 6.17 Å². The van der Waals surface area contributed by atoms with Gasteiger partial charge in [0.2, 0.25) is 0 Å². The van der Waals surface area contributed by atoms with Gasteiger partial charge in [0.25, 0.3) is 0 Å². The van der Waals surface area contributed by atoms with Crippen LogP contribution in [0.5, 0.6) is 0 Å². The summed E-state index contributed by atoms with van der Waals surface area (Å²) in [6.45, 7) is 0.571. The van der Waals surface area contributed by atoms with Gasteiger partial charge in [-0.2, -0.15) is 0 Å². The molecule has 0 spiro atoms. The lowest BCUT2D eigenvalue weighted by Gasteiger charge is -2.23. The van der Waals surface area contributed by atoms with Crippen molar-refractivity contribution < 1.29 is 0 Å². The van der Waals surface area contributed by atoms with E-state index in [0.29, 0.717) is 6.54 Å². The van der Waals surface area contributed by atoms with E-state index in [9.17, 15) is 0 Å². The molecule has 0 bridgehead atoms. The fourth-order valence-electron chi connectivity index (χ4n) is 2.12. The van der Waals surface area contributed by atoms with Crippen molar-refractivity contribution >= 4 is 21.6 Å². The van der Waals surface area contributed by atoms with Gasteiger partial charge in [0.05, 0.1) is 5.70 Å². The van der Waals surface area contributed by atoms with Crippen LogP contribution in [0.3, 0.4) is 0 Å². The molecule has 1 atom stereocenters. The lowest BCUT2D eigenvalue weighted by molar-refractivity contribution is 0.423. The van der Waals surface area contributed by atoms with Crippen LogP contribution in [0.25, 0.3) is 5.70 Å². The van der Waals surface area contributed by atoms with Crippen LogP contribution in [0.1, 0.15) is 5.56 Å². The highest BCUT2D eigenvalue weighted by Gasteiger charge is 2.23. The molecule has 92 valence electrons. The molecule has 4 heteroatoms. The van der Waals surface area contributed by atoms with Gasteiger partial charge < -0.3 is 16.0 Å². The molecule has 0 saturated heterocycles. The van der Waals surface area contributed by atoms with Gasteiger partial charge in [0, 0.05) is 23.4 Å². The van der Waals surface area contributed by atoms with E-state index in [1.54, 1.807) is 0 Å². The Morgan fingerprint density at radius 3 is 2.72 bits per heavy atom. The van der Waals surface area contributed by atoms with E-state index < -0.39 is 0 Å². The summed E-state index contributed by atoms with van der Waals surface area (Å²) in [5, 5.41) is 3.47. The Morgan fingerprint density at radius 1 is 1.22 bits per heavy atom. The highest BCUT2D eigenvalue weighted by molar-refractivity contribution is 9.10. The second-order valence-electron chi connectivity index (χ2n) is 4.35. The first-order valence-electron chi connectivity index (χ1n) is 5.87. The van der Waals surface area contributed by atoms with Crippen LogP contribution in [-0.2, 0) is 0 Å². The Bertz CT molecular complexity index is 543. The number of nitrogens with zero attached hydrogens (tertiary/aromatic N) is 1. The van der Waals surface area contributed by atoms with Crippen LogP contribution in [0.2, 0.25) is 0 Å². The fraction of sp³-hybridized carbons (Fsp3) is 0.143. The van der Waals surface area contributed by atoms with Crippen molar-refractivity contribution in [2.24, 2.45) is 5.73 Å². The summed E-state index contributed by atoms with van der Waals surface area (Å²) in [4.78, 5) is 2.15. The largest absolute Gasteiger partial charge is 0.360 e. The third-order valence-corrected chi connectivity index (χ3v) is 3.63. The number of halogens is 1. The van der Waals surface area contributed by atoms with Crippen LogP contribution in [0, 0.1) is 0 Å². The zero-order valence-electron chi connectivity index (χ0n) is 9.81. The minimum Gasteiger partial charge on any atom is -0.360 e. The molecule has 1 unspecified atom stereocenters. The molecule has 2 aliphatic rings. The smallest absolute Gasteiger partial charge is 0.122 e. The van der Waals surface area contributed by atoms with Gasteiger partial charge in [-0.05, 0) is 29.3 Å². The zero-order chi connectivity index (χ0) is 12.5. The van der Waals surface area contributed by atoms with Crippen LogP contribution in [0.15, 0.2) is 58.9 Å². The SMILES string of the molecule is NCC1=CN2C=C(c3ccc(Br)cc3)NC2C=C1. The Kier molecular flexibility index (Phi) is 2.97. The second kappa shape index (κ2) is 4.63. The molecular formula is C14H14BrN3. The molecule has 3 rings (SSSR count). The van der Waals surface area contributed by atoms with E-state index in [0.717, 1.165) is 15.7 Å². The summed E-state index contributed by atoms with van der Waals surface area (Å²) in [5.74, 6) is 0. The Balaban J connectivity index is 1.87. The predicted molar refractivity (Wildman–Crippen MR) is 77.2 cm³/mol. The van der Waals surface area contributed by atoms with Gasteiger partial charge in [-0.3, -0.25) is 0 Å². The maximum absolute atomic E-state index is 5.66. The average molecular weight is 304 g/mol. The Morgan fingerprint density at radius 2 is 2.00 bits per heavy atom. The molecular weight excluding hydrogens is 290 g/mol. The summed E-state index contributed by atoms with van der Waals surface area (Å²) in [6.07, 6.45) is 8.62. The van der Waals surface area contributed by atoms with E-state index in [1.165, 1.54) is 5.56 Å². The maximum Gasteiger partial charge on any atom is 0.122 e. The molecule has 0 radical (unpaired) electrons. The van der Waals surface area contributed by atoms with Crippen molar-refractivity contribution in [1.29, 1.82) is 0 Å². The summed E-state index contributed by atoms with van der Waals surface area (Å²) in [7, 11) is 0. The quantitative estimate of drug-likeness (QED) is 0.881. The topological polar surface area (TPSA) is 41.3 Å². The van der Waals surface area contributed by atoms with Gasteiger partial charge in [-0.1, -0.05) is 34.1 Å². The predicted octanol–water partition coefficient (Wildman–Crippen LogP) is 2.39. The number of benzene rings is 1. The molecule has 1 aromatic rings. The van der Waals surface area contributed by atoms with Gasteiger partial charge in [0.15, 0.2) is 0 Å². The third-order valence-electron chi connectivity index (χ3n) is 3.10. The van der Waals surface area contributed by atoms with Crippen LogP contribution in [0.4, 0.5) is 0 Å². The van der Waals surface area contributed by atoms with Crippen molar-refractivity contribution in [1.82, 2.24) is 10.2 Å². The molecule has 3 N–H and O–H groups in total. The highest BCUT2D eigenvalue weighted by atomic mass is 79.9. The number of rotatable bonds is 2. The number of fused-ring (bicyclic) bond motifs is 1. The number of hydrogen-bond donors (Lipinski definition) is 2. The first kappa shape index (κ1) is 11.6. The highest BCUT2D eigenvalue weighted by Crippen LogP contribution is 2.25. The standard InChI is InChI=1S/C14H14BrN3/c15-12-4-2-11(3-5-12)13-9-18-8-10(7-16)1-6-14(18)17-13/h1-6,8-9,14,17H,7,16H2. The van der Waals surface area contributed by atoms with Gasteiger partial charge in [-0.15, -0.1) is 0 Å². The van der Waals surface area contributed by atoms with Gasteiger partial charge in [0.1, 0.15) is 6.17 Å². The van der Waals surface area contributed by atoms with Gasteiger partial charge >= 0.3 is 0 Å². The molecule has 18 heavy (non-hydrogen) atoms. The molecule has 0 aliphatic carbocycles. The van der Waals surface area contributed by atoms with Crippen molar-refractivity contribution in [3.8, 4) is 0 Å². The molecule has 0 fully saturated rings. The molecule has 2 aliphatic heterocycles. The minimum absolute atomic E-state index is 0.207.